The van der Waals surface area contributed by atoms with Gasteiger partial charge in [-0.3, -0.25) is 0 Å². The van der Waals surface area contributed by atoms with Crippen molar-refractivity contribution in [2.24, 2.45) is 0 Å². The number of hydrogen-bond donors (Lipinski definition) is 1. The summed E-state index contributed by atoms with van der Waals surface area (Å²) in [6.45, 7) is 4.19. The predicted octanol–water partition coefficient (Wildman–Crippen LogP) is 4.04. The van der Waals surface area contributed by atoms with Crippen LogP contribution in [0.2, 0.25) is 5.15 Å². The number of aryl methyl sites for hydroxylation is 1. The average molecular weight is 315 g/mol. The Morgan fingerprint density at radius 2 is 2.26 bits per heavy atom. The first-order valence-electron chi connectivity index (χ1n) is 5.92. The van der Waals surface area contributed by atoms with E-state index in [1.165, 1.54) is 16.6 Å². The molecule has 2 rings (SSSR count). The fourth-order valence-electron chi connectivity index (χ4n) is 1.53. The summed E-state index contributed by atoms with van der Waals surface area (Å²) in [5.74, 6) is 0.727. The van der Waals surface area contributed by atoms with Crippen LogP contribution < -0.4 is 5.32 Å². The largest absolute Gasteiger partial charge is 0.361 e. The molecule has 1 atom stereocenters. The Bertz CT molecular complexity index is 558. The lowest BCUT2D eigenvalue weighted by atomic mass is 10.3. The van der Waals surface area contributed by atoms with E-state index in [1.807, 2.05) is 12.5 Å². The van der Waals surface area contributed by atoms with Crippen LogP contribution in [0, 0.1) is 0 Å². The fourth-order valence-corrected chi connectivity index (χ4v) is 3.00. The van der Waals surface area contributed by atoms with Crippen molar-refractivity contribution in [2.45, 2.75) is 31.5 Å². The third-order valence-corrected chi connectivity index (χ3v) is 4.58. The lowest BCUT2D eigenvalue weighted by molar-refractivity contribution is 0.845. The first kappa shape index (κ1) is 14.6. The van der Waals surface area contributed by atoms with E-state index >= 15 is 0 Å². The molecule has 0 bridgehead atoms. The molecule has 0 aliphatic rings. The van der Waals surface area contributed by atoms with E-state index in [2.05, 4.69) is 34.1 Å². The number of nitrogens with one attached hydrogen (secondary N) is 1. The Morgan fingerprint density at radius 1 is 1.47 bits per heavy atom. The van der Waals surface area contributed by atoms with E-state index in [0.717, 1.165) is 17.2 Å². The van der Waals surface area contributed by atoms with Crippen LogP contribution in [0.25, 0.3) is 0 Å². The number of hydrogen-bond acceptors (Lipinski definition) is 6. The van der Waals surface area contributed by atoms with Crippen molar-refractivity contribution >= 4 is 40.5 Å². The van der Waals surface area contributed by atoms with Gasteiger partial charge in [0.15, 0.2) is 5.16 Å². The van der Waals surface area contributed by atoms with Gasteiger partial charge in [-0.25, -0.2) is 15.0 Å². The minimum absolute atomic E-state index is 0.103. The molecule has 2 aromatic heterocycles. The van der Waals surface area contributed by atoms with E-state index in [-0.39, 0.29) is 6.04 Å². The first-order valence-corrected chi connectivity index (χ1v) is 8.34. The summed E-state index contributed by atoms with van der Waals surface area (Å²) in [6, 6.07) is 1.83. The summed E-state index contributed by atoms with van der Waals surface area (Å²) >= 11 is 9.15. The molecule has 0 amide bonds. The second-order valence-corrected chi connectivity index (χ2v) is 6.25. The molecular formula is C12H15ClN4S2. The summed E-state index contributed by atoms with van der Waals surface area (Å²) in [6.07, 6.45) is 4.87. The maximum Gasteiger partial charge on any atom is 0.190 e. The summed E-state index contributed by atoms with van der Waals surface area (Å²) in [5.41, 5.74) is 0. The highest BCUT2D eigenvalue weighted by Crippen LogP contribution is 2.25. The SMILES string of the molecule is CCc1cnc(C(C)Nc2cc(Cl)nc(SC)n2)s1. The lowest BCUT2D eigenvalue weighted by Crippen LogP contribution is -2.08. The molecule has 0 aliphatic heterocycles. The van der Waals surface area contributed by atoms with Gasteiger partial charge in [-0.05, 0) is 19.6 Å². The van der Waals surface area contributed by atoms with E-state index in [0.29, 0.717) is 10.3 Å². The third kappa shape index (κ3) is 3.81. The van der Waals surface area contributed by atoms with Crippen LogP contribution in [0.3, 0.4) is 0 Å². The molecule has 4 nitrogen and oxygen atoms in total. The van der Waals surface area contributed by atoms with Gasteiger partial charge in [-0.1, -0.05) is 30.3 Å². The summed E-state index contributed by atoms with van der Waals surface area (Å²) < 4.78 is 0. The Morgan fingerprint density at radius 3 is 2.89 bits per heavy atom. The molecule has 0 spiro atoms. The molecule has 2 heterocycles. The van der Waals surface area contributed by atoms with Crippen LogP contribution in [0.5, 0.6) is 0 Å². The number of thioether (sulfide) groups is 1. The highest BCUT2D eigenvalue weighted by molar-refractivity contribution is 7.98. The van der Waals surface area contributed by atoms with Gasteiger partial charge in [0, 0.05) is 17.1 Å². The smallest absolute Gasteiger partial charge is 0.190 e. The molecule has 0 radical (unpaired) electrons. The van der Waals surface area contributed by atoms with Crippen molar-refractivity contribution in [3.63, 3.8) is 0 Å². The van der Waals surface area contributed by atoms with Gasteiger partial charge in [0.1, 0.15) is 16.0 Å². The van der Waals surface area contributed by atoms with Gasteiger partial charge in [0.05, 0.1) is 6.04 Å². The minimum Gasteiger partial charge on any atom is -0.361 e. The van der Waals surface area contributed by atoms with Crippen molar-refractivity contribution < 1.29 is 0 Å². The van der Waals surface area contributed by atoms with Crippen molar-refractivity contribution in [1.82, 2.24) is 15.0 Å². The lowest BCUT2D eigenvalue weighted by Gasteiger charge is -2.12. The van der Waals surface area contributed by atoms with Crippen molar-refractivity contribution in [1.29, 1.82) is 0 Å². The van der Waals surface area contributed by atoms with Gasteiger partial charge in [-0.2, -0.15) is 0 Å². The number of anilines is 1. The Balaban J connectivity index is 2.13. The van der Waals surface area contributed by atoms with Crippen molar-refractivity contribution in [3.05, 3.63) is 27.3 Å². The number of rotatable bonds is 5. The zero-order chi connectivity index (χ0) is 13.8. The molecule has 0 aliphatic carbocycles. The Labute approximate surface area is 126 Å². The van der Waals surface area contributed by atoms with E-state index < -0.39 is 0 Å². The van der Waals surface area contributed by atoms with Gasteiger partial charge in [0.25, 0.3) is 0 Å². The van der Waals surface area contributed by atoms with Crippen LogP contribution in [-0.4, -0.2) is 21.2 Å². The molecule has 0 aromatic carbocycles. The van der Waals surface area contributed by atoms with Crippen LogP contribution in [-0.2, 0) is 6.42 Å². The summed E-state index contributed by atoms with van der Waals surface area (Å²) in [7, 11) is 0. The molecule has 0 fully saturated rings. The van der Waals surface area contributed by atoms with Gasteiger partial charge < -0.3 is 5.32 Å². The predicted molar refractivity (Wildman–Crippen MR) is 82.4 cm³/mol. The first-order chi connectivity index (χ1) is 9.12. The quantitative estimate of drug-likeness (QED) is 0.512. The molecule has 0 saturated heterocycles. The molecule has 0 saturated carbocycles. The van der Waals surface area contributed by atoms with Crippen molar-refractivity contribution in [2.75, 3.05) is 11.6 Å². The second-order valence-electron chi connectivity index (χ2n) is 3.95. The second kappa shape index (κ2) is 6.54. The zero-order valence-corrected chi connectivity index (χ0v) is 13.4. The monoisotopic (exact) mass is 314 g/mol. The Hall–Kier alpha value is -0.850. The standard InChI is InChI=1S/C12H15ClN4S2/c1-4-8-6-14-11(19-8)7(2)15-10-5-9(13)16-12(17-10)18-3/h5-7H,4H2,1-3H3,(H,15,16,17). The van der Waals surface area contributed by atoms with Gasteiger partial charge >= 0.3 is 0 Å². The molecule has 1 unspecified atom stereocenters. The van der Waals surface area contributed by atoms with Crippen LogP contribution in [0.15, 0.2) is 17.4 Å². The topological polar surface area (TPSA) is 50.7 Å². The molecule has 102 valence electrons. The maximum atomic E-state index is 5.97. The average Bonchev–Trinajstić information content (AvgIpc) is 2.86. The fraction of sp³-hybridized carbons (Fsp3) is 0.417. The molecular weight excluding hydrogens is 300 g/mol. The number of thiazole rings is 1. The highest BCUT2D eigenvalue weighted by Gasteiger charge is 2.11. The Kier molecular flexibility index (Phi) is 5.01. The summed E-state index contributed by atoms with van der Waals surface area (Å²) in [4.78, 5) is 14.2. The normalized spacial score (nSPS) is 12.4. The van der Waals surface area contributed by atoms with Crippen molar-refractivity contribution in [3.8, 4) is 0 Å². The highest BCUT2D eigenvalue weighted by atomic mass is 35.5. The molecule has 19 heavy (non-hydrogen) atoms. The van der Waals surface area contributed by atoms with Crippen LogP contribution >= 0.6 is 34.7 Å². The van der Waals surface area contributed by atoms with Gasteiger partial charge in [-0.15, -0.1) is 11.3 Å². The third-order valence-electron chi connectivity index (χ3n) is 2.51. The minimum atomic E-state index is 0.103. The maximum absolute atomic E-state index is 5.97. The molecule has 2 aromatic rings. The molecule has 7 heteroatoms. The molecule has 1 N–H and O–H groups in total. The van der Waals surface area contributed by atoms with E-state index in [1.54, 1.807) is 17.4 Å². The number of nitrogens with zero attached hydrogens (tertiary/aromatic N) is 3. The number of aromatic nitrogens is 3. The summed E-state index contributed by atoms with van der Waals surface area (Å²) in [5, 5.41) is 5.47. The van der Waals surface area contributed by atoms with Gasteiger partial charge in [0.2, 0.25) is 0 Å². The van der Waals surface area contributed by atoms with E-state index in [4.69, 9.17) is 11.6 Å². The number of halogens is 1. The van der Waals surface area contributed by atoms with Crippen LogP contribution in [0.1, 0.15) is 29.8 Å². The van der Waals surface area contributed by atoms with E-state index in [9.17, 15) is 0 Å². The van der Waals surface area contributed by atoms with Crippen LogP contribution in [0.4, 0.5) is 5.82 Å². The zero-order valence-electron chi connectivity index (χ0n) is 11.0.